The number of thiazole rings is 1. The lowest BCUT2D eigenvalue weighted by atomic mass is 10.2. The van der Waals surface area contributed by atoms with Crippen LogP contribution in [0, 0.1) is 6.92 Å². The lowest BCUT2D eigenvalue weighted by molar-refractivity contribution is 0.114. The first-order valence-corrected chi connectivity index (χ1v) is 12.0. The third-order valence-corrected chi connectivity index (χ3v) is 7.93. The SMILES string of the molecule is CCc1sc(-c2nnc(CN3CCN(Cc4nc5ccccc5s4)CC3)o2)cc1C. The van der Waals surface area contributed by atoms with Crippen molar-refractivity contribution >= 4 is 32.9 Å². The minimum Gasteiger partial charge on any atom is -0.419 e. The van der Waals surface area contributed by atoms with Gasteiger partial charge in [-0.1, -0.05) is 19.1 Å². The van der Waals surface area contributed by atoms with Gasteiger partial charge in [-0.2, -0.15) is 0 Å². The lowest BCUT2D eigenvalue weighted by Gasteiger charge is -2.33. The molecule has 8 heteroatoms. The molecule has 4 heterocycles. The van der Waals surface area contributed by atoms with Crippen LogP contribution in [0.25, 0.3) is 21.0 Å². The van der Waals surface area contributed by atoms with E-state index in [2.05, 4.69) is 64.2 Å². The Labute approximate surface area is 184 Å². The van der Waals surface area contributed by atoms with Gasteiger partial charge in [0.15, 0.2) is 0 Å². The van der Waals surface area contributed by atoms with Crippen molar-refractivity contribution in [3.05, 3.63) is 51.7 Å². The molecule has 1 aromatic carbocycles. The first kappa shape index (κ1) is 19.8. The normalized spacial score (nSPS) is 15.9. The standard InChI is InChI=1S/C22H25N5OS2/c1-3-17-15(2)12-19(29-17)22-25-24-20(28-22)13-26-8-10-27(11-9-26)14-21-23-16-6-4-5-7-18(16)30-21/h4-7,12H,3,8-11,13-14H2,1-2H3. The number of nitrogens with zero attached hydrogens (tertiary/aromatic N) is 5. The maximum absolute atomic E-state index is 5.97. The second-order valence-electron chi connectivity index (χ2n) is 7.70. The topological polar surface area (TPSA) is 58.3 Å². The molecule has 1 saturated heterocycles. The summed E-state index contributed by atoms with van der Waals surface area (Å²) in [6.07, 6.45) is 1.04. The Balaban J connectivity index is 1.16. The quantitative estimate of drug-likeness (QED) is 0.438. The Kier molecular flexibility index (Phi) is 5.64. The van der Waals surface area contributed by atoms with E-state index in [-0.39, 0.29) is 0 Å². The van der Waals surface area contributed by atoms with Gasteiger partial charge in [-0.25, -0.2) is 4.98 Å². The highest BCUT2D eigenvalue weighted by atomic mass is 32.1. The fourth-order valence-electron chi connectivity index (χ4n) is 3.87. The van der Waals surface area contributed by atoms with Crippen molar-refractivity contribution in [2.75, 3.05) is 26.2 Å². The molecule has 0 unspecified atom stereocenters. The molecule has 0 radical (unpaired) electrons. The van der Waals surface area contributed by atoms with E-state index < -0.39 is 0 Å². The molecular formula is C22H25N5OS2. The summed E-state index contributed by atoms with van der Waals surface area (Å²) in [5.74, 6) is 1.35. The molecule has 156 valence electrons. The third-order valence-electron chi connectivity index (χ3n) is 5.54. The van der Waals surface area contributed by atoms with Crippen molar-refractivity contribution in [3.8, 4) is 10.8 Å². The van der Waals surface area contributed by atoms with Crippen molar-refractivity contribution in [1.82, 2.24) is 25.0 Å². The summed E-state index contributed by atoms with van der Waals surface area (Å²) < 4.78 is 7.23. The fraction of sp³-hybridized carbons (Fsp3) is 0.409. The third kappa shape index (κ3) is 4.18. The number of thiophene rings is 1. The van der Waals surface area contributed by atoms with Crippen LogP contribution < -0.4 is 0 Å². The van der Waals surface area contributed by atoms with Crippen LogP contribution >= 0.6 is 22.7 Å². The van der Waals surface area contributed by atoms with Gasteiger partial charge in [0.25, 0.3) is 5.89 Å². The molecule has 1 aliphatic heterocycles. The molecular weight excluding hydrogens is 414 g/mol. The number of aromatic nitrogens is 3. The van der Waals surface area contributed by atoms with Crippen LogP contribution in [0.1, 0.15) is 28.3 Å². The summed E-state index contributed by atoms with van der Waals surface area (Å²) in [7, 11) is 0. The predicted molar refractivity (Wildman–Crippen MR) is 122 cm³/mol. The van der Waals surface area contributed by atoms with Gasteiger partial charge in [-0.15, -0.1) is 32.9 Å². The smallest absolute Gasteiger partial charge is 0.257 e. The first-order chi connectivity index (χ1) is 14.7. The maximum atomic E-state index is 5.97. The summed E-state index contributed by atoms with van der Waals surface area (Å²) in [5, 5.41) is 9.77. The van der Waals surface area contributed by atoms with Gasteiger partial charge in [0, 0.05) is 31.1 Å². The van der Waals surface area contributed by atoms with Crippen LogP contribution in [-0.2, 0) is 19.5 Å². The van der Waals surface area contributed by atoms with E-state index in [1.807, 2.05) is 0 Å². The number of aryl methyl sites for hydroxylation is 2. The summed E-state index contributed by atoms with van der Waals surface area (Å²) in [6.45, 7) is 10.0. The number of hydrogen-bond donors (Lipinski definition) is 0. The monoisotopic (exact) mass is 439 g/mol. The number of rotatable bonds is 6. The zero-order valence-electron chi connectivity index (χ0n) is 17.3. The second-order valence-corrected chi connectivity index (χ2v) is 9.95. The van der Waals surface area contributed by atoms with Crippen molar-refractivity contribution in [2.24, 2.45) is 0 Å². The molecule has 1 aliphatic rings. The molecule has 5 rings (SSSR count). The predicted octanol–water partition coefficient (Wildman–Crippen LogP) is 4.60. The van der Waals surface area contributed by atoms with E-state index in [1.54, 1.807) is 22.7 Å². The van der Waals surface area contributed by atoms with Crippen LogP contribution in [0.4, 0.5) is 0 Å². The fourth-order valence-corrected chi connectivity index (χ4v) is 5.91. The molecule has 0 bridgehead atoms. The van der Waals surface area contributed by atoms with E-state index in [1.165, 1.54) is 20.1 Å². The van der Waals surface area contributed by atoms with Crippen LogP contribution in [-0.4, -0.2) is 51.2 Å². The summed E-state index contributed by atoms with van der Waals surface area (Å²) in [4.78, 5) is 12.1. The minimum absolute atomic E-state index is 0.646. The van der Waals surface area contributed by atoms with Gasteiger partial charge >= 0.3 is 0 Å². The average Bonchev–Trinajstić information content (AvgIpc) is 3.47. The summed E-state index contributed by atoms with van der Waals surface area (Å²) in [5.41, 5.74) is 2.41. The lowest BCUT2D eigenvalue weighted by Crippen LogP contribution is -2.45. The van der Waals surface area contributed by atoms with Crippen molar-refractivity contribution in [2.45, 2.75) is 33.4 Å². The summed E-state index contributed by atoms with van der Waals surface area (Å²) >= 11 is 3.55. The Morgan fingerprint density at radius 3 is 2.50 bits per heavy atom. The average molecular weight is 440 g/mol. The van der Waals surface area contributed by atoms with Gasteiger partial charge in [-0.3, -0.25) is 9.80 Å². The van der Waals surface area contributed by atoms with E-state index in [0.717, 1.165) is 49.5 Å². The zero-order chi connectivity index (χ0) is 20.5. The minimum atomic E-state index is 0.646. The Morgan fingerprint density at radius 2 is 1.77 bits per heavy atom. The molecule has 3 aromatic heterocycles. The molecule has 1 fully saturated rings. The number of benzene rings is 1. The highest BCUT2D eigenvalue weighted by Gasteiger charge is 2.21. The Bertz CT molecular complexity index is 1110. The van der Waals surface area contributed by atoms with Gasteiger partial charge < -0.3 is 4.42 Å². The van der Waals surface area contributed by atoms with Gasteiger partial charge in [0.05, 0.1) is 28.2 Å². The number of para-hydroxylation sites is 1. The Morgan fingerprint density at radius 1 is 1.00 bits per heavy atom. The number of hydrogen-bond acceptors (Lipinski definition) is 8. The maximum Gasteiger partial charge on any atom is 0.257 e. The van der Waals surface area contributed by atoms with Crippen LogP contribution in [0.15, 0.2) is 34.7 Å². The van der Waals surface area contributed by atoms with Crippen molar-refractivity contribution in [3.63, 3.8) is 0 Å². The molecule has 30 heavy (non-hydrogen) atoms. The summed E-state index contributed by atoms with van der Waals surface area (Å²) in [6, 6.07) is 10.5. The molecule has 0 saturated carbocycles. The van der Waals surface area contributed by atoms with Crippen molar-refractivity contribution < 1.29 is 4.42 Å². The van der Waals surface area contributed by atoms with Gasteiger partial charge in [-0.05, 0) is 37.1 Å². The largest absolute Gasteiger partial charge is 0.419 e. The zero-order valence-corrected chi connectivity index (χ0v) is 18.9. The van der Waals surface area contributed by atoms with Gasteiger partial charge in [0.2, 0.25) is 5.89 Å². The molecule has 0 amide bonds. The molecule has 0 N–H and O–H groups in total. The Hall–Kier alpha value is -2.13. The number of fused-ring (bicyclic) bond motifs is 1. The molecule has 4 aromatic rings. The van der Waals surface area contributed by atoms with E-state index in [9.17, 15) is 0 Å². The van der Waals surface area contributed by atoms with Crippen molar-refractivity contribution in [1.29, 1.82) is 0 Å². The second kappa shape index (κ2) is 8.55. The van der Waals surface area contributed by atoms with Gasteiger partial charge in [0.1, 0.15) is 5.01 Å². The van der Waals surface area contributed by atoms with Crippen LogP contribution in [0.3, 0.4) is 0 Å². The highest BCUT2D eigenvalue weighted by molar-refractivity contribution is 7.18. The molecule has 6 nitrogen and oxygen atoms in total. The first-order valence-electron chi connectivity index (χ1n) is 10.4. The molecule has 0 atom stereocenters. The van der Waals surface area contributed by atoms with E-state index in [0.29, 0.717) is 18.3 Å². The van der Waals surface area contributed by atoms with E-state index in [4.69, 9.17) is 9.40 Å². The molecule has 0 aliphatic carbocycles. The van der Waals surface area contributed by atoms with E-state index >= 15 is 0 Å². The highest BCUT2D eigenvalue weighted by Crippen LogP contribution is 2.31. The molecule has 0 spiro atoms. The van der Waals surface area contributed by atoms with Crippen LogP contribution in [0.2, 0.25) is 0 Å². The van der Waals surface area contributed by atoms with Crippen LogP contribution in [0.5, 0.6) is 0 Å². The number of piperazine rings is 1.